The van der Waals surface area contributed by atoms with E-state index in [1.165, 1.54) is 23.5 Å². The highest BCUT2D eigenvalue weighted by atomic mass is 32.1. The Morgan fingerprint density at radius 3 is 2.32 bits per heavy atom. The molecule has 0 amide bonds. The van der Waals surface area contributed by atoms with Gasteiger partial charge in [-0.2, -0.15) is 0 Å². The third kappa shape index (κ3) is 3.73. The number of thiazole rings is 1. The van der Waals surface area contributed by atoms with E-state index < -0.39 is 0 Å². The molecule has 5 rings (SSSR count). The number of fused-ring (bicyclic) bond motifs is 1. The van der Waals surface area contributed by atoms with Crippen LogP contribution in [0.3, 0.4) is 0 Å². The molecule has 0 saturated carbocycles. The van der Waals surface area contributed by atoms with Crippen molar-refractivity contribution in [3.05, 3.63) is 66.2 Å². The van der Waals surface area contributed by atoms with Crippen molar-refractivity contribution in [2.24, 2.45) is 0 Å². The number of benzene rings is 3. The van der Waals surface area contributed by atoms with E-state index >= 15 is 0 Å². The van der Waals surface area contributed by atoms with Crippen molar-refractivity contribution in [1.29, 1.82) is 0 Å². The standard InChI is InChI=1S/C25H21FN4O3S/c1-14-9-15(25-28-18-7-6-17(26)12-22(18)34-25)5-8-19(14)30-13-27-29-24(30)16-10-20(31-2)23(33-4)21(11-16)32-3/h5-13H,1-4H3. The van der Waals surface area contributed by atoms with Gasteiger partial charge in [-0.05, 0) is 61.0 Å². The van der Waals surface area contributed by atoms with Gasteiger partial charge in [0.1, 0.15) is 17.2 Å². The Morgan fingerprint density at radius 1 is 0.882 bits per heavy atom. The van der Waals surface area contributed by atoms with Crippen molar-refractivity contribution in [3.8, 4) is 44.9 Å². The molecule has 0 saturated heterocycles. The fourth-order valence-corrected chi connectivity index (χ4v) is 4.89. The number of ether oxygens (including phenoxy) is 3. The van der Waals surface area contributed by atoms with Crippen LogP contribution in [-0.4, -0.2) is 41.1 Å². The molecule has 0 radical (unpaired) electrons. The lowest BCUT2D eigenvalue weighted by Gasteiger charge is -2.15. The Balaban J connectivity index is 1.56. The Labute approximate surface area is 199 Å². The number of halogens is 1. The van der Waals surface area contributed by atoms with Gasteiger partial charge >= 0.3 is 0 Å². The smallest absolute Gasteiger partial charge is 0.203 e. The van der Waals surface area contributed by atoms with E-state index in [0.717, 1.165) is 37.6 Å². The molecule has 0 bridgehead atoms. The van der Waals surface area contributed by atoms with Gasteiger partial charge in [0.25, 0.3) is 0 Å². The number of hydrogen-bond acceptors (Lipinski definition) is 7. The first-order valence-corrected chi connectivity index (χ1v) is 11.2. The predicted molar refractivity (Wildman–Crippen MR) is 130 cm³/mol. The number of aromatic nitrogens is 4. The highest BCUT2D eigenvalue weighted by molar-refractivity contribution is 7.21. The second-order valence-corrected chi connectivity index (χ2v) is 8.60. The molecule has 9 heteroatoms. The second kappa shape index (κ2) is 8.75. The molecule has 0 unspecified atom stereocenters. The molecule has 0 atom stereocenters. The molecule has 34 heavy (non-hydrogen) atoms. The minimum absolute atomic E-state index is 0.263. The maximum absolute atomic E-state index is 13.6. The molecule has 0 aliphatic carbocycles. The lowest BCUT2D eigenvalue weighted by molar-refractivity contribution is 0.324. The monoisotopic (exact) mass is 476 g/mol. The predicted octanol–water partition coefficient (Wildman–Crippen LogP) is 5.68. The molecule has 0 aliphatic heterocycles. The van der Waals surface area contributed by atoms with Crippen molar-refractivity contribution in [2.75, 3.05) is 21.3 Å². The number of rotatable bonds is 6. The van der Waals surface area contributed by atoms with Gasteiger partial charge in [-0.25, -0.2) is 9.37 Å². The van der Waals surface area contributed by atoms with E-state index in [-0.39, 0.29) is 5.82 Å². The lowest BCUT2D eigenvalue weighted by Crippen LogP contribution is -2.01. The van der Waals surface area contributed by atoms with E-state index in [2.05, 4.69) is 21.2 Å². The normalized spacial score (nSPS) is 11.1. The van der Waals surface area contributed by atoms with Gasteiger partial charge < -0.3 is 14.2 Å². The third-order valence-corrected chi connectivity index (χ3v) is 6.59. The summed E-state index contributed by atoms with van der Waals surface area (Å²) in [5, 5.41) is 9.32. The topological polar surface area (TPSA) is 71.3 Å². The zero-order valence-electron chi connectivity index (χ0n) is 19.0. The molecular weight excluding hydrogens is 455 g/mol. The van der Waals surface area contributed by atoms with Gasteiger partial charge in [-0.15, -0.1) is 21.5 Å². The number of methoxy groups -OCH3 is 3. The van der Waals surface area contributed by atoms with Crippen LogP contribution in [0.5, 0.6) is 17.2 Å². The molecule has 0 spiro atoms. The molecule has 3 aromatic carbocycles. The van der Waals surface area contributed by atoms with E-state index in [1.807, 2.05) is 35.8 Å². The summed E-state index contributed by atoms with van der Waals surface area (Å²) in [6, 6.07) is 14.4. The number of nitrogens with zero attached hydrogens (tertiary/aromatic N) is 4. The van der Waals surface area contributed by atoms with Crippen LogP contribution in [0, 0.1) is 12.7 Å². The van der Waals surface area contributed by atoms with E-state index in [1.54, 1.807) is 33.7 Å². The Morgan fingerprint density at radius 2 is 1.65 bits per heavy atom. The number of aryl methyl sites for hydroxylation is 1. The zero-order valence-corrected chi connectivity index (χ0v) is 19.8. The van der Waals surface area contributed by atoms with Gasteiger partial charge in [0.05, 0.1) is 37.2 Å². The summed E-state index contributed by atoms with van der Waals surface area (Å²) in [6.07, 6.45) is 1.67. The van der Waals surface area contributed by atoms with Crippen LogP contribution in [0.1, 0.15) is 5.56 Å². The maximum Gasteiger partial charge on any atom is 0.203 e. The summed E-state index contributed by atoms with van der Waals surface area (Å²) in [7, 11) is 4.71. The Hall–Kier alpha value is -3.98. The van der Waals surface area contributed by atoms with Gasteiger partial charge in [0.2, 0.25) is 5.75 Å². The second-order valence-electron chi connectivity index (χ2n) is 7.57. The molecule has 2 aromatic heterocycles. The van der Waals surface area contributed by atoms with E-state index in [0.29, 0.717) is 23.1 Å². The summed E-state index contributed by atoms with van der Waals surface area (Å²) in [4.78, 5) is 4.66. The fourth-order valence-electron chi connectivity index (χ4n) is 3.90. The fraction of sp³-hybridized carbons (Fsp3) is 0.160. The largest absolute Gasteiger partial charge is 0.493 e. The summed E-state index contributed by atoms with van der Waals surface area (Å²) >= 11 is 1.47. The average Bonchev–Trinajstić information content (AvgIpc) is 3.50. The Kier molecular flexibility index (Phi) is 5.62. The lowest BCUT2D eigenvalue weighted by atomic mass is 10.1. The molecule has 7 nitrogen and oxygen atoms in total. The van der Waals surface area contributed by atoms with Crippen LogP contribution < -0.4 is 14.2 Å². The molecule has 5 aromatic rings. The summed E-state index contributed by atoms with van der Waals surface area (Å²) in [5.41, 5.74) is 4.45. The van der Waals surface area contributed by atoms with Gasteiger partial charge in [-0.3, -0.25) is 4.57 Å². The van der Waals surface area contributed by atoms with Crippen molar-refractivity contribution < 1.29 is 18.6 Å². The van der Waals surface area contributed by atoms with Crippen molar-refractivity contribution in [1.82, 2.24) is 19.7 Å². The molecule has 2 heterocycles. The summed E-state index contributed by atoms with van der Waals surface area (Å²) in [5.74, 6) is 1.94. The first-order chi connectivity index (χ1) is 16.5. The van der Waals surface area contributed by atoms with Gasteiger partial charge in [0.15, 0.2) is 17.3 Å². The number of hydrogen-bond donors (Lipinski definition) is 0. The minimum Gasteiger partial charge on any atom is -0.493 e. The molecule has 0 aliphatic rings. The van der Waals surface area contributed by atoms with Gasteiger partial charge in [-0.1, -0.05) is 0 Å². The van der Waals surface area contributed by atoms with Crippen LogP contribution in [0.15, 0.2) is 54.9 Å². The Bertz CT molecular complexity index is 1490. The van der Waals surface area contributed by atoms with Crippen LogP contribution in [0.2, 0.25) is 0 Å². The van der Waals surface area contributed by atoms with Crippen molar-refractivity contribution in [3.63, 3.8) is 0 Å². The van der Waals surface area contributed by atoms with Crippen molar-refractivity contribution >= 4 is 21.6 Å². The highest BCUT2D eigenvalue weighted by Crippen LogP contribution is 2.41. The minimum atomic E-state index is -0.263. The van der Waals surface area contributed by atoms with E-state index in [4.69, 9.17) is 14.2 Å². The summed E-state index contributed by atoms with van der Waals surface area (Å²) in [6.45, 7) is 2.02. The highest BCUT2D eigenvalue weighted by Gasteiger charge is 2.19. The van der Waals surface area contributed by atoms with Crippen LogP contribution >= 0.6 is 11.3 Å². The quantitative estimate of drug-likeness (QED) is 0.314. The summed E-state index contributed by atoms with van der Waals surface area (Å²) < 4.78 is 32.7. The van der Waals surface area contributed by atoms with Gasteiger partial charge in [0, 0.05) is 11.1 Å². The molecule has 0 fully saturated rings. The first-order valence-electron chi connectivity index (χ1n) is 10.4. The van der Waals surface area contributed by atoms with Crippen LogP contribution in [0.25, 0.3) is 37.9 Å². The van der Waals surface area contributed by atoms with Crippen LogP contribution in [0.4, 0.5) is 4.39 Å². The third-order valence-electron chi connectivity index (χ3n) is 5.52. The molecule has 172 valence electrons. The SMILES string of the molecule is COc1cc(-c2nncn2-c2ccc(-c3nc4ccc(F)cc4s3)cc2C)cc(OC)c1OC. The van der Waals surface area contributed by atoms with E-state index in [9.17, 15) is 4.39 Å². The molecule has 0 N–H and O–H groups in total. The van der Waals surface area contributed by atoms with Crippen LogP contribution in [-0.2, 0) is 0 Å². The zero-order chi connectivity index (χ0) is 23.8. The molecular formula is C25H21FN4O3S. The first kappa shape index (κ1) is 21.8. The average molecular weight is 477 g/mol. The maximum atomic E-state index is 13.6. The van der Waals surface area contributed by atoms with Crippen molar-refractivity contribution in [2.45, 2.75) is 6.92 Å².